The van der Waals surface area contributed by atoms with E-state index in [9.17, 15) is 9.59 Å². The molecule has 0 aromatic heterocycles. The predicted molar refractivity (Wildman–Crippen MR) is 73.7 cm³/mol. The number of rotatable bonds is 6. The van der Waals surface area contributed by atoms with Gasteiger partial charge in [0, 0.05) is 0 Å². The summed E-state index contributed by atoms with van der Waals surface area (Å²) >= 11 is 0. The molecule has 1 aromatic rings. The van der Waals surface area contributed by atoms with Crippen molar-refractivity contribution in [2.24, 2.45) is 5.92 Å². The van der Waals surface area contributed by atoms with Gasteiger partial charge in [-0.1, -0.05) is 19.9 Å². The van der Waals surface area contributed by atoms with Crippen LogP contribution >= 0.6 is 0 Å². The molecule has 1 aliphatic heterocycles. The fourth-order valence-corrected chi connectivity index (χ4v) is 2.15. The lowest BCUT2D eigenvalue weighted by molar-refractivity contribution is -0.123. The first-order chi connectivity index (χ1) is 9.58. The molecule has 0 saturated heterocycles. The zero-order chi connectivity index (χ0) is 14.5. The Kier molecular flexibility index (Phi) is 4.61. The standard InChI is InChI=1S/C15H19NO4/c1-10(2)5-12(8-17)16-15(18)7-11-3-4-13-14(6-11)20-9-19-13/h3-4,6,8,10,12H,5,7,9H2,1-2H3,(H,16,18)/t12-/m0/s1. The van der Waals surface area contributed by atoms with E-state index in [4.69, 9.17) is 9.47 Å². The molecule has 1 atom stereocenters. The Bertz CT molecular complexity index is 499. The molecule has 0 fully saturated rings. The number of hydrogen-bond donors (Lipinski definition) is 1. The summed E-state index contributed by atoms with van der Waals surface area (Å²) < 4.78 is 10.5. The normalized spacial score (nSPS) is 14.2. The van der Waals surface area contributed by atoms with Gasteiger partial charge in [-0.3, -0.25) is 4.79 Å². The van der Waals surface area contributed by atoms with E-state index >= 15 is 0 Å². The molecule has 5 heteroatoms. The van der Waals surface area contributed by atoms with Crippen LogP contribution in [-0.4, -0.2) is 25.0 Å². The second kappa shape index (κ2) is 6.41. The summed E-state index contributed by atoms with van der Waals surface area (Å²) in [6.07, 6.45) is 1.66. The molecule has 0 spiro atoms. The van der Waals surface area contributed by atoms with Crippen molar-refractivity contribution in [3.05, 3.63) is 23.8 Å². The van der Waals surface area contributed by atoms with Crippen molar-refractivity contribution in [3.63, 3.8) is 0 Å². The summed E-state index contributed by atoms with van der Waals surface area (Å²) in [5, 5.41) is 2.74. The molecule has 0 unspecified atom stereocenters. The third-order valence-electron chi connectivity index (χ3n) is 3.04. The van der Waals surface area contributed by atoms with E-state index in [1.165, 1.54) is 0 Å². The van der Waals surface area contributed by atoms with Gasteiger partial charge in [0.1, 0.15) is 6.29 Å². The van der Waals surface area contributed by atoms with Crippen molar-refractivity contribution in [1.82, 2.24) is 5.32 Å². The Morgan fingerprint density at radius 1 is 1.35 bits per heavy atom. The Balaban J connectivity index is 1.92. The Labute approximate surface area is 118 Å². The zero-order valence-electron chi connectivity index (χ0n) is 11.7. The first kappa shape index (κ1) is 14.4. The van der Waals surface area contributed by atoms with Crippen LogP contribution in [0, 0.1) is 5.92 Å². The van der Waals surface area contributed by atoms with Gasteiger partial charge in [-0.25, -0.2) is 0 Å². The predicted octanol–water partition coefficient (Wildman–Crippen LogP) is 1.69. The van der Waals surface area contributed by atoms with Gasteiger partial charge in [-0.2, -0.15) is 0 Å². The highest BCUT2D eigenvalue weighted by Crippen LogP contribution is 2.32. The summed E-state index contributed by atoms with van der Waals surface area (Å²) in [6.45, 7) is 4.24. The van der Waals surface area contributed by atoms with Crippen molar-refractivity contribution in [2.45, 2.75) is 32.7 Å². The first-order valence-electron chi connectivity index (χ1n) is 6.71. The fraction of sp³-hybridized carbons (Fsp3) is 0.467. The van der Waals surface area contributed by atoms with Gasteiger partial charge in [-0.15, -0.1) is 0 Å². The van der Waals surface area contributed by atoms with E-state index in [2.05, 4.69) is 5.32 Å². The highest BCUT2D eigenvalue weighted by atomic mass is 16.7. The molecule has 0 bridgehead atoms. The van der Waals surface area contributed by atoms with Gasteiger partial charge in [0.25, 0.3) is 0 Å². The van der Waals surface area contributed by atoms with Gasteiger partial charge in [0.05, 0.1) is 12.5 Å². The number of benzene rings is 1. The molecule has 1 amide bonds. The van der Waals surface area contributed by atoms with Crippen LogP contribution < -0.4 is 14.8 Å². The second-order valence-corrected chi connectivity index (χ2v) is 5.30. The maximum Gasteiger partial charge on any atom is 0.231 e. The smallest absolute Gasteiger partial charge is 0.231 e. The molecule has 0 radical (unpaired) electrons. The Hall–Kier alpha value is -2.04. The quantitative estimate of drug-likeness (QED) is 0.804. The number of nitrogens with one attached hydrogen (secondary N) is 1. The van der Waals surface area contributed by atoms with Crippen molar-refractivity contribution < 1.29 is 19.1 Å². The molecular formula is C15H19NO4. The van der Waals surface area contributed by atoms with Gasteiger partial charge in [-0.05, 0) is 30.0 Å². The highest BCUT2D eigenvalue weighted by molar-refractivity contribution is 5.81. The molecule has 1 aliphatic rings. The molecule has 108 valence electrons. The number of amides is 1. The van der Waals surface area contributed by atoms with Gasteiger partial charge < -0.3 is 19.6 Å². The van der Waals surface area contributed by atoms with Crippen molar-refractivity contribution in [2.75, 3.05) is 6.79 Å². The summed E-state index contributed by atoms with van der Waals surface area (Å²) in [5.74, 6) is 1.54. The monoisotopic (exact) mass is 277 g/mol. The SMILES string of the molecule is CC(C)C[C@@H](C=O)NC(=O)Cc1ccc2c(c1)OCO2. The molecule has 2 rings (SSSR count). The van der Waals surface area contributed by atoms with Crippen LogP contribution in [0.2, 0.25) is 0 Å². The van der Waals surface area contributed by atoms with Crippen LogP contribution in [0.15, 0.2) is 18.2 Å². The van der Waals surface area contributed by atoms with Gasteiger partial charge in [0.15, 0.2) is 11.5 Å². The topological polar surface area (TPSA) is 64.6 Å². The minimum absolute atomic E-state index is 0.165. The summed E-state index contributed by atoms with van der Waals surface area (Å²) in [4.78, 5) is 22.9. The fourth-order valence-electron chi connectivity index (χ4n) is 2.15. The lowest BCUT2D eigenvalue weighted by Crippen LogP contribution is -2.37. The summed E-state index contributed by atoms with van der Waals surface area (Å²) in [5.41, 5.74) is 0.834. The van der Waals surface area contributed by atoms with E-state index < -0.39 is 6.04 Å². The average molecular weight is 277 g/mol. The maximum atomic E-state index is 11.9. The van der Waals surface area contributed by atoms with Gasteiger partial charge >= 0.3 is 0 Å². The molecular weight excluding hydrogens is 258 g/mol. The van der Waals surface area contributed by atoms with Crippen LogP contribution in [0.3, 0.4) is 0 Å². The maximum absolute atomic E-state index is 11.9. The van der Waals surface area contributed by atoms with Crippen molar-refractivity contribution in [1.29, 1.82) is 0 Å². The Morgan fingerprint density at radius 3 is 2.80 bits per heavy atom. The minimum atomic E-state index is -0.420. The summed E-state index contributed by atoms with van der Waals surface area (Å²) in [6, 6.07) is 4.98. The lowest BCUT2D eigenvalue weighted by atomic mass is 10.0. The van der Waals surface area contributed by atoms with E-state index in [1.54, 1.807) is 12.1 Å². The van der Waals surface area contributed by atoms with Crippen LogP contribution in [0.4, 0.5) is 0 Å². The molecule has 0 saturated carbocycles. The first-order valence-corrected chi connectivity index (χ1v) is 6.71. The van der Waals surface area contributed by atoms with E-state index in [1.807, 2.05) is 19.9 Å². The molecule has 1 aromatic carbocycles. The molecule has 1 N–H and O–H groups in total. The van der Waals surface area contributed by atoms with Crippen LogP contribution in [0.5, 0.6) is 11.5 Å². The van der Waals surface area contributed by atoms with E-state index in [0.717, 1.165) is 11.8 Å². The zero-order valence-corrected chi connectivity index (χ0v) is 11.7. The van der Waals surface area contributed by atoms with E-state index in [-0.39, 0.29) is 19.1 Å². The van der Waals surface area contributed by atoms with Gasteiger partial charge in [0.2, 0.25) is 12.7 Å². The number of aldehydes is 1. The van der Waals surface area contributed by atoms with Crippen LogP contribution in [0.1, 0.15) is 25.8 Å². The molecule has 5 nitrogen and oxygen atoms in total. The average Bonchev–Trinajstić information content (AvgIpc) is 2.84. The highest BCUT2D eigenvalue weighted by Gasteiger charge is 2.16. The third-order valence-corrected chi connectivity index (χ3v) is 3.04. The second-order valence-electron chi connectivity index (χ2n) is 5.30. The number of carbonyl (C=O) groups is 2. The summed E-state index contributed by atoms with van der Waals surface area (Å²) in [7, 11) is 0. The molecule has 20 heavy (non-hydrogen) atoms. The number of fused-ring (bicyclic) bond motifs is 1. The lowest BCUT2D eigenvalue weighted by Gasteiger charge is -2.14. The van der Waals surface area contributed by atoms with E-state index in [0.29, 0.717) is 23.8 Å². The number of ether oxygens (including phenoxy) is 2. The number of hydrogen-bond acceptors (Lipinski definition) is 4. The van der Waals surface area contributed by atoms with Crippen LogP contribution in [0.25, 0.3) is 0 Å². The third kappa shape index (κ3) is 3.73. The van der Waals surface area contributed by atoms with Crippen molar-refractivity contribution >= 4 is 12.2 Å². The number of carbonyl (C=O) groups excluding carboxylic acids is 2. The van der Waals surface area contributed by atoms with Crippen LogP contribution in [-0.2, 0) is 16.0 Å². The molecule has 0 aliphatic carbocycles. The largest absolute Gasteiger partial charge is 0.454 e. The molecule has 1 heterocycles. The van der Waals surface area contributed by atoms with Crippen molar-refractivity contribution in [3.8, 4) is 11.5 Å². The Morgan fingerprint density at radius 2 is 2.10 bits per heavy atom. The minimum Gasteiger partial charge on any atom is -0.454 e.